The fourth-order valence-electron chi connectivity index (χ4n) is 6.71. The topological polar surface area (TPSA) is 52.6 Å². The number of esters is 2. The summed E-state index contributed by atoms with van der Waals surface area (Å²) >= 11 is 0. The molecular weight excluding hydrogens is 436 g/mol. The molecule has 0 unspecified atom stereocenters. The summed E-state index contributed by atoms with van der Waals surface area (Å²) < 4.78 is 12.6. The fraction of sp³-hybridized carbons (Fsp3) is 0.161. The highest BCUT2D eigenvalue weighted by molar-refractivity contribution is 6.10. The van der Waals surface area contributed by atoms with Gasteiger partial charge in [0.05, 0.1) is 0 Å². The summed E-state index contributed by atoms with van der Waals surface area (Å²) in [6.07, 6.45) is 0. The molecule has 3 fully saturated rings. The van der Waals surface area contributed by atoms with Gasteiger partial charge in [0, 0.05) is 34.1 Å². The Kier molecular flexibility index (Phi) is 4.00. The van der Waals surface area contributed by atoms with Gasteiger partial charge in [-0.3, -0.25) is 9.59 Å². The van der Waals surface area contributed by atoms with Gasteiger partial charge in [-0.05, 0) is 0 Å². The second kappa shape index (κ2) is 6.92. The van der Waals surface area contributed by atoms with Gasteiger partial charge in [0.25, 0.3) is 0 Å². The average molecular weight is 459 g/mol. The van der Waals surface area contributed by atoms with Crippen molar-refractivity contribution in [3.8, 4) is 0 Å². The molecule has 1 spiro atoms. The van der Waals surface area contributed by atoms with Gasteiger partial charge in [0.15, 0.2) is 16.6 Å². The van der Waals surface area contributed by atoms with Crippen LogP contribution in [-0.2, 0) is 30.3 Å². The highest BCUT2D eigenvalue weighted by atomic mass is 16.6. The number of benzene rings is 4. The van der Waals surface area contributed by atoms with Crippen LogP contribution in [0.5, 0.6) is 0 Å². The van der Waals surface area contributed by atoms with Crippen LogP contribution in [0.2, 0.25) is 0 Å². The van der Waals surface area contributed by atoms with Gasteiger partial charge >= 0.3 is 11.9 Å². The maximum Gasteiger partial charge on any atom is 0.325 e. The molecule has 7 rings (SSSR count). The monoisotopic (exact) mass is 458 g/mol. The Hall–Kier alpha value is -4.18. The van der Waals surface area contributed by atoms with E-state index in [4.69, 9.17) is 9.47 Å². The molecule has 2 atom stereocenters. The molecule has 0 aromatic heterocycles. The zero-order valence-electron chi connectivity index (χ0n) is 18.8. The van der Waals surface area contributed by atoms with Crippen LogP contribution in [0.3, 0.4) is 0 Å². The van der Waals surface area contributed by atoms with E-state index in [1.54, 1.807) is 0 Å². The van der Waals surface area contributed by atoms with Gasteiger partial charge in [-0.1, -0.05) is 121 Å². The summed E-state index contributed by atoms with van der Waals surface area (Å²) in [5.41, 5.74) is -0.0800. The van der Waals surface area contributed by atoms with Crippen molar-refractivity contribution in [3.05, 3.63) is 144 Å². The molecule has 170 valence electrons. The molecule has 0 N–H and O–H groups in total. The molecular formula is C31H22O4. The molecule has 4 aromatic rings. The number of ether oxygens (including phenoxy) is 2. The Morgan fingerprint density at radius 1 is 0.429 bits per heavy atom. The Labute approximate surface area is 203 Å². The molecule has 0 radical (unpaired) electrons. The highest BCUT2D eigenvalue weighted by Crippen LogP contribution is 2.82. The number of carbonyl (C=O) groups excluding carboxylic acids is 2. The lowest BCUT2D eigenvalue weighted by molar-refractivity contribution is -0.160. The van der Waals surface area contributed by atoms with Crippen LogP contribution < -0.4 is 0 Å². The van der Waals surface area contributed by atoms with E-state index in [9.17, 15) is 9.59 Å². The number of cyclic esters (lactones) is 2. The Morgan fingerprint density at radius 2 is 0.686 bits per heavy atom. The molecule has 2 heterocycles. The zero-order chi connectivity index (χ0) is 23.7. The Balaban J connectivity index is 1.52. The second-order valence-electron chi connectivity index (χ2n) is 9.54. The molecule has 4 nitrogen and oxygen atoms in total. The van der Waals surface area contributed by atoms with Gasteiger partial charge in [-0.2, -0.15) is 0 Å². The van der Waals surface area contributed by atoms with Gasteiger partial charge in [-0.25, -0.2) is 0 Å². The number of carbonyl (C=O) groups is 2. The normalized spacial score (nSPS) is 26.9. The van der Waals surface area contributed by atoms with E-state index in [0.29, 0.717) is 0 Å². The van der Waals surface area contributed by atoms with E-state index >= 15 is 0 Å². The van der Waals surface area contributed by atoms with Crippen LogP contribution in [0.4, 0.5) is 0 Å². The Morgan fingerprint density at radius 3 is 0.943 bits per heavy atom. The Bertz CT molecular complexity index is 1240. The minimum absolute atomic E-state index is 0.408. The summed E-state index contributed by atoms with van der Waals surface area (Å²) in [7, 11) is 0. The quantitative estimate of drug-likeness (QED) is 0.311. The van der Waals surface area contributed by atoms with Crippen LogP contribution in [0.25, 0.3) is 0 Å². The van der Waals surface area contributed by atoms with Crippen molar-refractivity contribution in [2.45, 2.75) is 11.2 Å². The first-order valence-corrected chi connectivity index (χ1v) is 11.9. The zero-order valence-corrected chi connectivity index (χ0v) is 18.8. The number of fused-ring (bicyclic) bond motifs is 1. The molecule has 2 aliphatic heterocycles. The van der Waals surface area contributed by atoms with Crippen molar-refractivity contribution < 1.29 is 19.1 Å². The standard InChI is InChI=1S/C31H22O4/c32-27-29-25(30(34-27,21-13-5-1-6-14-21)22-15-7-2-8-16-22)26(29)31(35-28(29)33,23-17-9-3-10-18-23)24-19-11-4-12-20-24/h1-20,25-26H/t25-,26-,29?/m1/s1. The number of hydrogen-bond donors (Lipinski definition) is 0. The fourth-order valence-corrected chi connectivity index (χ4v) is 6.71. The van der Waals surface area contributed by atoms with Crippen LogP contribution >= 0.6 is 0 Å². The van der Waals surface area contributed by atoms with Crippen LogP contribution in [-0.4, -0.2) is 11.9 Å². The van der Waals surface area contributed by atoms with E-state index in [2.05, 4.69) is 0 Å². The largest absolute Gasteiger partial charge is 0.448 e. The van der Waals surface area contributed by atoms with Gasteiger partial charge in [0.1, 0.15) is 0 Å². The van der Waals surface area contributed by atoms with E-state index in [-0.39, 0.29) is 0 Å². The third-order valence-corrected chi connectivity index (χ3v) is 8.07. The lowest BCUT2D eigenvalue weighted by Gasteiger charge is -2.38. The molecule has 35 heavy (non-hydrogen) atoms. The first kappa shape index (κ1) is 20.2. The van der Waals surface area contributed by atoms with E-state index in [1.165, 1.54) is 0 Å². The van der Waals surface area contributed by atoms with Gasteiger partial charge in [0.2, 0.25) is 0 Å². The first-order chi connectivity index (χ1) is 17.2. The lowest BCUT2D eigenvalue weighted by atomic mass is 9.75. The van der Waals surface area contributed by atoms with Crippen molar-refractivity contribution in [1.29, 1.82) is 0 Å². The van der Waals surface area contributed by atoms with Crippen LogP contribution in [0.15, 0.2) is 121 Å². The van der Waals surface area contributed by atoms with E-state index in [1.807, 2.05) is 121 Å². The molecule has 4 aromatic carbocycles. The van der Waals surface area contributed by atoms with Crippen LogP contribution in [0.1, 0.15) is 22.3 Å². The summed E-state index contributed by atoms with van der Waals surface area (Å²) in [6.45, 7) is 0. The highest BCUT2D eigenvalue weighted by Gasteiger charge is 2.96. The third kappa shape index (κ3) is 2.32. The van der Waals surface area contributed by atoms with E-state index in [0.717, 1.165) is 22.3 Å². The average Bonchev–Trinajstić information content (AvgIpc) is 3.46. The SMILES string of the molecule is O=C1OC(c2ccccc2)(c2ccccc2)[C@@H]2[C@H]3C(c4ccccc4)(c4ccccc4)OC(=O)C123. The minimum atomic E-state index is -1.35. The smallest absolute Gasteiger partial charge is 0.325 e. The molecule has 2 saturated heterocycles. The molecule has 0 amide bonds. The molecule has 3 aliphatic rings. The predicted molar refractivity (Wildman–Crippen MR) is 129 cm³/mol. The molecule has 4 heteroatoms. The summed E-state index contributed by atoms with van der Waals surface area (Å²) in [6, 6.07) is 39.1. The minimum Gasteiger partial charge on any atom is -0.448 e. The summed E-state index contributed by atoms with van der Waals surface area (Å²) in [4.78, 5) is 27.6. The van der Waals surface area contributed by atoms with Gasteiger partial charge in [-0.15, -0.1) is 0 Å². The second-order valence-corrected chi connectivity index (χ2v) is 9.54. The van der Waals surface area contributed by atoms with Crippen molar-refractivity contribution in [2.24, 2.45) is 17.3 Å². The van der Waals surface area contributed by atoms with Crippen molar-refractivity contribution >= 4 is 11.9 Å². The summed E-state index contributed by atoms with van der Waals surface area (Å²) in [5.74, 6) is -1.82. The predicted octanol–water partition coefficient (Wildman–Crippen LogP) is 5.22. The van der Waals surface area contributed by atoms with E-state index < -0.39 is 40.4 Å². The lowest BCUT2D eigenvalue weighted by Crippen LogP contribution is -2.40. The molecule has 1 saturated carbocycles. The summed E-state index contributed by atoms with van der Waals surface area (Å²) in [5, 5.41) is 0. The third-order valence-electron chi connectivity index (χ3n) is 8.07. The van der Waals surface area contributed by atoms with Crippen LogP contribution in [0, 0.1) is 17.3 Å². The van der Waals surface area contributed by atoms with Crippen molar-refractivity contribution in [1.82, 2.24) is 0 Å². The van der Waals surface area contributed by atoms with Crippen molar-refractivity contribution in [2.75, 3.05) is 0 Å². The van der Waals surface area contributed by atoms with Gasteiger partial charge < -0.3 is 9.47 Å². The number of rotatable bonds is 4. The molecule has 1 aliphatic carbocycles. The first-order valence-electron chi connectivity index (χ1n) is 11.9. The molecule has 0 bridgehead atoms. The number of hydrogen-bond acceptors (Lipinski definition) is 4. The maximum atomic E-state index is 13.8. The maximum absolute atomic E-state index is 13.8. The van der Waals surface area contributed by atoms with Crippen molar-refractivity contribution in [3.63, 3.8) is 0 Å².